The van der Waals surface area contributed by atoms with Crippen molar-refractivity contribution < 1.29 is 14.0 Å². The maximum absolute atomic E-state index is 13.7. The average Bonchev–Trinajstić information content (AvgIpc) is 2.87. The minimum absolute atomic E-state index is 0.216. The molecule has 0 radical (unpaired) electrons. The predicted molar refractivity (Wildman–Crippen MR) is 98.3 cm³/mol. The minimum Gasteiger partial charge on any atom is -0.378 e. The second-order valence-corrected chi connectivity index (χ2v) is 6.47. The van der Waals surface area contributed by atoms with Crippen LogP contribution in [0.5, 0.6) is 0 Å². The summed E-state index contributed by atoms with van der Waals surface area (Å²) in [6.07, 6.45) is 0. The van der Waals surface area contributed by atoms with E-state index in [2.05, 4.69) is 4.98 Å². The van der Waals surface area contributed by atoms with Crippen LogP contribution in [0.15, 0.2) is 42.5 Å². The van der Waals surface area contributed by atoms with Crippen LogP contribution in [0.3, 0.4) is 0 Å². The Hall–Kier alpha value is -3.28. The van der Waals surface area contributed by atoms with Crippen LogP contribution in [-0.2, 0) is 0 Å². The Labute approximate surface area is 149 Å². The molecule has 1 aliphatic rings. The topological polar surface area (TPSA) is 53.5 Å². The molecule has 0 N–H and O–H groups in total. The van der Waals surface area contributed by atoms with Gasteiger partial charge in [0.15, 0.2) is 0 Å². The number of nitrogens with zero attached hydrogens (tertiary/aromatic N) is 3. The first kappa shape index (κ1) is 16.2. The van der Waals surface area contributed by atoms with E-state index in [1.165, 1.54) is 18.2 Å². The zero-order valence-corrected chi connectivity index (χ0v) is 14.6. The summed E-state index contributed by atoms with van der Waals surface area (Å²) in [4.78, 5) is 33.4. The van der Waals surface area contributed by atoms with Gasteiger partial charge in [-0.2, -0.15) is 0 Å². The number of rotatable bonds is 2. The van der Waals surface area contributed by atoms with Crippen LogP contribution in [0.25, 0.3) is 10.9 Å². The number of hydrogen-bond donors (Lipinski definition) is 0. The molecule has 0 aliphatic carbocycles. The SMILES string of the molecule is Cc1nc2ccc(F)cc2c2c1C(=O)N(c1ccc(N(C)C)cc1)C2=O. The summed E-state index contributed by atoms with van der Waals surface area (Å²) in [6.45, 7) is 1.69. The van der Waals surface area contributed by atoms with Crippen molar-refractivity contribution in [1.82, 2.24) is 4.98 Å². The molecular formula is C20H16FN3O2. The molecule has 2 aromatic carbocycles. The van der Waals surface area contributed by atoms with Gasteiger partial charge in [0.1, 0.15) is 5.82 Å². The quantitative estimate of drug-likeness (QED) is 0.664. The fourth-order valence-corrected chi connectivity index (χ4v) is 3.29. The number of carbonyl (C=O) groups is 2. The van der Waals surface area contributed by atoms with Crippen molar-refractivity contribution in [1.29, 1.82) is 0 Å². The van der Waals surface area contributed by atoms with Crippen LogP contribution in [0.4, 0.5) is 15.8 Å². The normalized spacial score (nSPS) is 13.5. The highest BCUT2D eigenvalue weighted by atomic mass is 19.1. The first-order valence-electron chi connectivity index (χ1n) is 8.14. The van der Waals surface area contributed by atoms with Gasteiger partial charge in [-0.05, 0) is 49.4 Å². The summed E-state index contributed by atoms with van der Waals surface area (Å²) in [5.74, 6) is -1.36. The Morgan fingerprint density at radius 2 is 1.62 bits per heavy atom. The highest BCUT2D eigenvalue weighted by Crippen LogP contribution is 2.35. The molecule has 0 fully saturated rings. The van der Waals surface area contributed by atoms with Gasteiger partial charge in [-0.3, -0.25) is 14.6 Å². The van der Waals surface area contributed by atoms with Gasteiger partial charge in [-0.15, -0.1) is 0 Å². The fraction of sp³-hybridized carbons (Fsp3) is 0.150. The molecule has 0 spiro atoms. The zero-order chi connectivity index (χ0) is 18.6. The van der Waals surface area contributed by atoms with Crippen molar-refractivity contribution in [3.8, 4) is 0 Å². The van der Waals surface area contributed by atoms with Crippen molar-refractivity contribution in [3.63, 3.8) is 0 Å². The molecule has 2 heterocycles. The highest BCUT2D eigenvalue weighted by Gasteiger charge is 2.40. The Morgan fingerprint density at radius 1 is 0.962 bits per heavy atom. The molecular weight excluding hydrogens is 333 g/mol. The third-order valence-corrected chi connectivity index (χ3v) is 4.59. The Morgan fingerprint density at radius 3 is 2.27 bits per heavy atom. The number of halogens is 1. The molecule has 26 heavy (non-hydrogen) atoms. The third-order valence-electron chi connectivity index (χ3n) is 4.59. The minimum atomic E-state index is -0.473. The second kappa shape index (κ2) is 5.62. The lowest BCUT2D eigenvalue weighted by Gasteiger charge is -2.17. The lowest BCUT2D eigenvalue weighted by molar-refractivity contribution is 0.0926. The summed E-state index contributed by atoms with van der Waals surface area (Å²) in [6, 6.07) is 11.2. The Kier molecular flexibility index (Phi) is 3.50. The number of imide groups is 1. The molecule has 5 nitrogen and oxygen atoms in total. The van der Waals surface area contributed by atoms with Gasteiger partial charge in [0.25, 0.3) is 11.8 Å². The number of aryl methyl sites for hydroxylation is 1. The summed E-state index contributed by atoms with van der Waals surface area (Å²) in [5.41, 5.74) is 2.85. The molecule has 4 rings (SSSR count). The van der Waals surface area contributed by atoms with Gasteiger partial charge in [-0.1, -0.05) is 0 Å². The molecule has 2 amide bonds. The first-order chi connectivity index (χ1) is 12.4. The van der Waals surface area contributed by atoms with E-state index in [-0.39, 0.29) is 11.1 Å². The number of hydrogen-bond acceptors (Lipinski definition) is 4. The number of carbonyl (C=O) groups excluding carboxylic acids is 2. The van der Waals surface area contributed by atoms with Gasteiger partial charge in [0.05, 0.1) is 28.0 Å². The second-order valence-electron chi connectivity index (χ2n) is 6.47. The summed E-state index contributed by atoms with van der Waals surface area (Å²) >= 11 is 0. The van der Waals surface area contributed by atoms with E-state index in [0.717, 1.165) is 10.6 Å². The van der Waals surface area contributed by atoms with Crippen LogP contribution in [0.1, 0.15) is 26.4 Å². The largest absolute Gasteiger partial charge is 0.378 e. The molecule has 0 bridgehead atoms. The predicted octanol–water partition coefficient (Wildman–Crippen LogP) is 3.55. The number of pyridine rings is 1. The number of amides is 2. The molecule has 1 aliphatic heterocycles. The lowest BCUT2D eigenvalue weighted by atomic mass is 10.0. The van der Waals surface area contributed by atoms with Gasteiger partial charge >= 0.3 is 0 Å². The van der Waals surface area contributed by atoms with Gasteiger partial charge in [-0.25, -0.2) is 9.29 Å². The molecule has 0 saturated carbocycles. The van der Waals surface area contributed by atoms with Crippen LogP contribution in [0.2, 0.25) is 0 Å². The smallest absolute Gasteiger partial charge is 0.268 e. The van der Waals surface area contributed by atoms with Crippen LogP contribution in [-0.4, -0.2) is 30.9 Å². The summed E-state index contributed by atoms with van der Waals surface area (Å²) < 4.78 is 13.7. The number of benzene rings is 2. The van der Waals surface area contributed by atoms with E-state index in [1.54, 1.807) is 19.1 Å². The van der Waals surface area contributed by atoms with E-state index in [1.807, 2.05) is 31.1 Å². The molecule has 130 valence electrons. The Balaban J connectivity index is 1.89. The maximum atomic E-state index is 13.7. The van der Waals surface area contributed by atoms with E-state index >= 15 is 0 Å². The van der Waals surface area contributed by atoms with Gasteiger partial charge < -0.3 is 4.90 Å². The van der Waals surface area contributed by atoms with E-state index in [0.29, 0.717) is 22.3 Å². The molecule has 0 saturated heterocycles. The maximum Gasteiger partial charge on any atom is 0.268 e. The monoisotopic (exact) mass is 349 g/mol. The van der Waals surface area contributed by atoms with Crippen molar-refractivity contribution in [2.24, 2.45) is 0 Å². The Bertz CT molecular complexity index is 1070. The van der Waals surface area contributed by atoms with Crippen LogP contribution >= 0.6 is 0 Å². The van der Waals surface area contributed by atoms with Crippen LogP contribution in [0, 0.1) is 12.7 Å². The standard InChI is InChI=1S/C20H16FN3O2/c1-11-17-18(15-10-12(21)4-9-16(15)22-11)20(26)24(19(17)25)14-7-5-13(6-8-14)23(2)3/h4-10H,1-3H3. The average molecular weight is 349 g/mol. The van der Waals surface area contributed by atoms with Gasteiger partial charge in [0.2, 0.25) is 0 Å². The number of fused-ring (bicyclic) bond motifs is 3. The van der Waals surface area contributed by atoms with Gasteiger partial charge in [0, 0.05) is 25.2 Å². The lowest BCUT2D eigenvalue weighted by Crippen LogP contribution is -2.29. The molecule has 0 unspecified atom stereocenters. The molecule has 0 atom stereocenters. The molecule has 1 aromatic heterocycles. The first-order valence-corrected chi connectivity index (χ1v) is 8.14. The van der Waals surface area contributed by atoms with Crippen molar-refractivity contribution in [3.05, 3.63) is 65.1 Å². The van der Waals surface area contributed by atoms with E-state index < -0.39 is 17.6 Å². The third kappa shape index (κ3) is 2.26. The van der Waals surface area contributed by atoms with Crippen LogP contribution < -0.4 is 9.80 Å². The van der Waals surface area contributed by atoms with Crippen molar-refractivity contribution in [2.75, 3.05) is 23.9 Å². The van der Waals surface area contributed by atoms with Crippen molar-refractivity contribution >= 4 is 34.1 Å². The number of aromatic nitrogens is 1. The number of anilines is 2. The summed E-state index contributed by atoms with van der Waals surface area (Å²) in [7, 11) is 3.82. The fourth-order valence-electron chi connectivity index (χ4n) is 3.29. The van der Waals surface area contributed by atoms with E-state index in [9.17, 15) is 14.0 Å². The highest BCUT2D eigenvalue weighted by molar-refractivity contribution is 6.37. The molecule has 6 heteroatoms. The summed E-state index contributed by atoms with van der Waals surface area (Å²) in [5, 5.41) is 0.358. The molecule has 3 aromatic rings. The zero-order valence-electron chi connectivity index (χ0n) is 14.6. The van der Waals surface area contributed by atoms with E-state index in [4.69, 9.17) is 0 Å². The van der Waals surface area contributed by atoms with Crippen molar-refractivity contribution in [2.45, 2.75) is 6.92 Å².